The third-order valence-electron chi connectivity index (χ3n) is 2.65. The van der Waals surface area contributed by atoms with E-state index in [0.29, 0.717) is 24.4 Å². The SMILES string of the molecule is COc1cc(CO)c([N+](=O)[O-])cc1NCCCC(=O)O. The number of nitro groups is 1. The Morgan fingerprint density at radius 2 is 2.20 bits per heavy atom. The second-order valence-corrected chi connectivity index (χ2v) is 4.02. The van der Waals surface area contributed by atoms with Crippen molar-refractivity contribution in [2.75, 3.05) is 19.0 Å². The molecule has 0 aromatic heterocycles. The van der Waals surface area contributed by atoms with E-state index in [0.717, 1.165) is 0 Å². The first-order chi connectivity index (χ1) is 9.49. The Bertz CT molecular complexity index is 503. The van der Waals surface area contributed by atoms with Crippen molar-refractivity contribution in [2.24, 2.45) is 0 Å². The molecular formula is C12H16N2O6. The van der Waals surface area contributed by atoms with E-state index in [-0.39, 0.29) is 17.7 Å². The number of ether oxygens (including phenoxy) is 1. The van der Waals surface area contributed by atoms with Gasteiger partial charge in [0.25, 0.3) is 5.69 Å². The van der Waals surface area contributed by atoms with Gasteiger partial charge in [-0.1, -0.05) is 0 Å². The molecule has 0 aliphatic heterocycles. The summed E-state index contributed by atoms with van der Waals surface area (Å²) in [6.45, 7) is -0.121. The Hall–Kier alpha value is -2.35. The van der Waals surface area contributed by atoms with Gasteiger partial charge in [0.15, 0.2) is 0 Å². The molecule has 0 aliphatic rings. The molecular weight excluding hydrogens is 268 g/mol. The van der Waals surface area contributed by atoms with Crippen molar-refractivity contribution in [2.45, 2.75) is 19.4 Å². The standard InChI is InChI=1S/C12H16N2O6/c1-20-11-5-8(7-15)10(14(18)19)6-9(11)13-4-2-3-12(16)17/h5-6,13,15H,2-4,7H2,1H3,(H,16,17). The molecule has 0 fully saturated rings. The number of aliphatic hydroxyl groups is 1. The van der Waals surface area contributed by atoms with Crippen LogP contribution in [0.3, 0.4) is 0 Å². The third kappa shape index (κ3) is 4.09. The lowest BCUT2D eigenvalue weighted by atomic mass is 10.1. The van der Waals surface area contributed by atoms with Gasteiger partial charge < -0.3 is 20.3 Å². The zero-order chi connectivity index (χ0) is 15.1. The third-order valence-corrected chi connectivity index (χ3v) is 2.65. The van der Waals surface area contributed by atoms with Gasteiger partial charge in [0.2, 0.25) is 0 Å². The Balaban J connectivity index is 2.90. The predicted molar refractivity (Wildman–Crippen MR) is 70.9 cm³/mol. The van der Waals surface area contributed by atoms with Crippen LogP contribution in [0.15, 0.2) is 12.1 Å². The van der Waals surface area contributed by atoms with Crippen molar-refractivity contribution in [1.29, 1.82) is 0 Å². The molecule has 0 saturated heterocycles. The summed E-state index contributed by atoms with van der Waals surface area (Å²) in [4.78, 5) is 20.7. The van der Waals surface area contributed by atoms with Crippen molar-refractivity contribution >= 4 is 17.3 Å². The van der Waals surface area contributed by atoms with E-state index < -0.39 is 17.5 Å². The van der Waals surface area contributed by atoms with Gasteiger partial charge in [-0.3, -0.25) is 14.9 Å². The maximum Gasteiger partial charge on any atom is 0.303 e. The number of carboxylic acid groups (broad SMARTS) is 1. The zero-order valence-corrected chi connectivity index (χ0v) is 11.0. The maximum atomic E-state index is 10.9. The Morgan fingerprint density at radius 3 is 2.70 bits per heavy atom. The quantitative estimate of drug-likeness (QED) is 0.374. The van der Waals surface area contributed by atoms with Gasteiger partial charge in [0, 0.05) is 19.0 Å². The molecule has 0 spiro atoms. The van der Waals surface area contributed by atoms with Crippen LogP contribution in [0, 0.1) is 10.1 Å². The second kappa shape index (κ2) is 7.29. The molecule has 0 unspecified atom stereocenters. The summed E-state index contributed by atoms with van der Waals surface area (Å²) in [7, 11) is 1.41. The van der Waals surface area contributed by atoms with Crippen LogP contribution in [0.2, 0.25) is 0 Å². The summed E-state index contributed by atoms with van der Waals surface area (Å²) in [5.41, 5.74) is 0.332. The highest BCUT2D eigenvalue weighted by Gasteiger charge is 2.18. The molecule has 0 saturated carbocycles. The number of benzene rings is 1. The van der Waals surface area contributed by atoms with Crippen molar-refractivity contribution in [3.8, 4) is 5.75 Å². The van der Waals surface area contributed by atoms with Crippen molar-refractivity contribution < 1.29 is 24.7 Å². The summed E-state index contributed by atoms with van der Waals surface area (Å²) in [5.74, 6) is -0.546. The number of methoxy groups -OCH3 is 1. The number of aliphatic hydroxyl groups excluding tert-OH is 1. The fourth-order valence-electron chi connectivity index (χ4n) is 1.68. The van der Waals surface area contributed by atoms with E-state index in [2.05, 4.69) is 5.32 Å². The molecule has 0 amide bonds. The summed E-state index contributed by atoms with van der Waals surface area (Å²) >= 11 is 0. The molecule has 1 rings (SSSR count). The first-order valence-electron chi connectivity index (χ1n) is 5.91. The molecule has 0 bridgehead atoms. The van der Waals surface area contributed by atoms with Gasteiger partial charge in [-0.05, 0) is 12.5 Å². The van der Waals surface area contributed by atoms with Crippen LogP contribution in [0.25, 0.3) is 0 Å². The number of nitrogens with one attached hydrogen (secondary N) is 1. The van der Waals surface area contributed by atoms with Crippen LogP contribution < -0.4 is 10.1 Å². The van der Waals surface area contributed by atoms with Crippen LogP contribution in [-0.4, -0.2) is 34.8 Å². The van der Waals surface area contributed by atoms with E-state index in [9.17, 15) is 14.9 Å². The number of anilines is 1. The van der Waals surface area contributed by atoms with Gasteiger partial charge in [-0.15, -0.1) is 0 Å². The average molecular weight is 284 g/mol. The Labute approximate surface area is 115 Å². The summed E-state index contributed by atoms with van der Waals surface area (Å²) in [6.07, 6.45) is 0.389. The lowest BCUT2D eigenvalue weighted by molar-refractivity contribution is -0.385. The lowest BCUT2D eigenvalue weighted by Crippen LogP contribution is -2.07. The number of hydrogen-bond acceptors (Lipinski definition) is 6. The number of aliphatic carboxylic acids is 1. The molecule has 20 heavy (non-hydrogen) atoms. The molecule has 0 aliphatic carbocycles. The fraction of sp³-hybridized carbons (Fsp3) is 0.417. The number of nitrogens with zero attached hydrogens (tertiary/aromatic N) is 1. The highest BCUT2D eigenvalue weighted by Crippen LogP contribution is 2.32. The molecule has 0 atom stereocenters. The highest BCUT2D eigenvalue weighted by molar-refractivity contribution is 5.67. The molecule has 3 N–H and O–H groups in total. The minimum Gasteiger partial charge on any atom is -0.495 e. The van der Waals surface area contributed by atoms with E-state index >= 15 is 0 Å². The van der Waals surface area contributed by atoms with Crippen LogP contribution in [0.1, 0.15) is 18.4 Å². The number of carbonyl (C=O) groups is 1. The molecule has 0 radical (unpaired) electrons. The van der Waals surface area contributed by atoms with Crippen molar-refractivity contribution in [1.82, 2.24) is 0 Å². The first-order valence-corrected chi connectivity index (χ1v) is 5.91. The minimum absolute atomic E-state index is 0.00608. The van der Waals surface area contributed by atoms with E-state index in [1.54, 1.807) is 0 Å². The summed E-state index contributed by atoms with van der Waals surface area (Å²) in [6, 6.07) is 2.66. The summed E-state index contributed by atoms with van der Waals surface area (Å²) in [5, 5.41) is 31.4. The molecule has 110 valence electrons. The van der Waals surface area contributed by atoms with E-state index in [1.165, 1.54) is 19.2 Å². The van der Waals surface area contributed by atoms with Gasteiger partial charge in [-0.2, -0.15) is 0 Å². The number of nitro benzene ring substituents is 1. The van der Waals surface area contributed by atoms with Crippen LogP contribution in [0.4, 0.5) is 11.4 Å². The van der Waals surface area contributed by atoms with E-state index in [1.807, 2.05) is 0 Å². The summed E-state index contributed by atoms with van der Waals surface area (Å²) < 4.78 is 5.09. The minimum atomic E-state index is -0.902. The lowest BCUT2D eigenvalue weighted by Gasteiger charge is -2.12. The maximum absolute atomic E-state index is 10.9. The highest BCUT2D eigenvalue weighted by atomic mass is 16.6. The average Bonchev–Trinajstić information content (AvgIpc) is 2.42. The molecule has 0 heterocycles. The second-order valence-electron chi connectivity index (χ2n) is 4.02. The molecule has 1 aromatic carbocycles. The van der Waals surface area contributed by atoms with Crippen LogP contribution in [0.5, 0.6) is 5.75 Å². The first kappa shape index (κ1) is 15.7. The number of carboxylic acids is 1. The van der Waals surface area contributed by atoms with Crippen molar-refractivity contribution in [3.63, 3.8) is 0 Å². The van der Waals surface area contributed by atoms with E-state index in [4.69, 9.17) is 14.9 Å². The normalized spacial score (nSPS) is 10.1. The monoisotopic (exact) mass is 284 g/mol. The predicted octanol–water partition coefficient (Wildman–Crippen LogP) is 1.37. The molecule has 8 heteroatoms. The molecule has 1 aromatic rings. The van der Waals surface area contributed by atoms with Gasteiger partial charge >= 0.3 is 5.97 Å². The zero-order valence-electron chi connectivity index (χ0n) is 11.0. The topological polar surface area (TPSA) is 122 Å². The van der Waals surface area contributed by atoms with Crippen LogP contribution in [-0.2, 0) is 11.4 Å². The Morgan fingerprint density at radius 1 is 1.50 bits per heavy atom. The largest absolute Gasteiger partial charge is 0.495 e. The molecule has 8 nitrogen and oxygen atoms in total. The fourth-order valence-corrected chi connectivity index (χ4v) is 1.68. The van der Waals surface area contributed by atoms with Crippen LogP contribution >= 0.6 is 0 Å². The van der Waals surface area contributed by atoms with Gasteiger partial charge in [0.05, 0.1) is 29.9 Å². The van der Waals surface area contributed by atoms with Gasteiger partial charge in [0.1, 0.15) is 5.75 Å². The number of rotatable bonds is 8. The van der Waals surface area contributed by atoms with Crippen molar-refractivity contribution in [3.05, 3.63) is 27.8 Å². The smallest absolute Gasteiger partial charge is 0.303 e. The number of hydrogen-bond donors (Lipinski definition) is 3. The Kier molecular flexibility index (Phi) is 5.73. The van der Waals surface area contributed by atoms with Gasteiger partial charge in [-0.25, -0.2) is 0 Å².